The Bertz CT molecular complexity index is 1160. The molecule has 0 amide bonds. The lowest BCUT2D eigenvalue weighted by atomic mass is 10.0. The highest BCUT2D eigenvalue weighted by Gasteiger charge is 2.10. The Kier molecular flexibility index (Phi) is 4.39. The van der Waals surface area contributed by atoms with Crippen molar-refractivity contribution in [2.75, 3.05) is 6.54 Å². The highest BCUT2D eigenvalue weighted by atomic mass is 19.1. The third kappa shape index (κ3) is 3.18. The van der Waals surface area contributed by atoms with Gasteiger partial charge < -0.3 is 10.3 Å². The summed E-state index contributed by atoms with van der Waals surface area (Å²) in [5.74, 6) is 0. The first kappa shape index (κ1) is 16.9. The summed E-state index contributed by atoms with van der Waals surface area (Å²) >= 11 is 0. The number of pyridine rings is 1. The number of aromatic nitrogens is 4. The van der Waals surface area contributed by atoms with Gasteiger partial charge in [0, 0.05) is 24.4 Å². The molecule has 2 N–H and O–H groups in total. The molecule has 0 saturated carbocycles. The zero-order valence-corrected chi connectivity index (χ0v) is 14.2. The standard InChI is InChI=1S/C19H16FN5O2/c20-9-13(10-21)11-25-19(26)24-12-16(5-6-18(24)22-25)14-1-3-15(4-2-14)17-7-8-27-23-17/h1-9,12H,10-11,21H2/b13-9+. The highest BCUT2D eigenvalue weighted by molar-refractivity contribution is 5.69. The van der Waals surface area contributed by atoms with Gasteiger partial charge in [0.2, 0.25) is 0 Å². The second kappa shape index (κ2) is 7.00. The van der Waals surface area contributed by atoms with Gasteiger partial charge in [0.15, 0.2) is 5.65 Å². The van der Waals surface area contributed by atoms with Gasteiger partial charge in [-0.15, -0.1) is 5.10 Å². The predicted octanol–water partition coefficient (Wildman–Crippen LogP) is 2.63. The Morgan fingerprint density at radius 3 is 2.52 bits per heavy atom. The molecule has 0 aliphatic carbocycles. The number of benzene rings is 1. The van der Waals surface area contributed by atoms with Crippen LogP contribution in [0.15, 0.2) is 76.1 Å². The predicted molar refractivity (Wildman–Crippen MR) is 98.6 cm³/mol. The van der Waals surface area contributed by atoms with E-state index in [4.69, 9.17) is 10.3 Å². The van der Waals surface area contributed by atoms with Crippen molar-refractivity contribution in [2.24, 2.45) is 5.73 Å². The molecule has 0 aliphatic rings. The van der Waals surface area contributed by atoms with Gasteiger partial charge in [0.1, 0.15) is 12.0 Å². The molecule has 136 valence electrons. The van der Waals surface area contributed by atoms with E-state index in [2.05, 4.69) is 10.3 Å². The van der Waals surface area contributed by atoms with Gasteiger partial charge in [0.25, 0.3) is 0 Å². The molecule has 0 radical (unpaired) electrons. The third-order valence-corrected chi connectivity index (χ3v) is 4.30. The van der Waals surface area contributed by atoms with E-state index < -0.39 is 0 Å². The molecule has 0 bridgehead atoms. The summed E-state index contributed by atoms with van der Waals surface area (Å²) in [7, 11) is 0. The van der Waals surface area contributed by atoms with E-state index in [0.29, 0.717) is 17.6 Å². The van der Waals surface area contributed by atoms with Crippen LogP contribution in [0.2, 0.25) is 0 Å². The largest absolute Gasteiger partial charge is 0.364 e. The van der Waals surface area contributed by atoms with Crippen LogP contribution in [0.5, 0.6) is 0 Å². The Morgan fingerprint density at radius 2 is 1.85 bits per heavy atom. The van der Waals surface area contributed by atoms with Crippen LogP contribution >= 0.6 is 0 Å². The molecule has 4 aromatic rings. The zero-order valence-electron chi connectivity index (χ0n) is 14.2. The number of rotatable bonds is 5. The van der Waals surface area contributed by atoms with E-state index in [-0.39, 0.29) is 18.8 Å². The van der Waals surface area contributed by atoms with Gasteiger partial charge >= 0.3 is 5.69 Å². The third-order valence-electron chi connectivity index (χ3n) is 4.30. The molecule has 0 atom stereocenters. The summed E-state index contributed by atoms with van der Waals surface area (Å²) < 4.78 is 20.2. The number of nitrogens with zero attached hydrogens (tertiary/aromatic N) is 4. The molecular weight excluding hydrogens is 349 g/mol. The van der Waals surface area contributed by atoms with Crippen LogP contribution in [0.1, 0.15) is 0 Å². The molecule has 0 unspecified atom stereocenters. The normalized spacial score (nSPS) is 12.0. The van der Waals surface area contributed by atoms with E-state index in [0.717, 1.165) is 22.4 Å². The minimum atomic E-state index is -0.348. The molecule has 4 rings (SSSR count). The van der Waals surface area contributed by atoms with Crippen LogP contribution in [0.3, 0.4) is 0 Å². The molecule has 1 aromatic carbocycles. The van der Waals surface area contributed by atoms with Crippen molar-refractivity contribution in [3.63, 3.8) is 0 Å². The maximum atomic E-state index is 12.7. The minimum Gasteiger partial charge on any atom is -0.364 e. The maximum Gasteiger partial charge on any atom is 0.350 e. The Labute approximate surface area is 153 Å². The van der Waals surface area contributed by atoms with Gasteiger partial charge in [-0.25, -0.2) is 18.3 Å². The fourth-order valence-corrected chi connectivity index (χ4v) is 2.82. The van der Waals surface area contributed by atoms with Crippen molar-refractivity contribution in [3.05, 3.63) is 77.3 Å². The number of hydrogen-bond donors (Lipinski definition) is 1. The molecule has 8 heteroatoms. The summed E-state index contributed by atoms with van der Waals surface area (Å²) in [4.78, 5) is 12.5. The smallest absolute Gasteiger partial charge is 0.350 e. The summed E-state index contributed by atoms with van der Waals surface area (Å²) in [5, 5.41) is 8.13. The Hall–Kier alpha value is -3.52. The van der Waals surface area contributed by atoms with E-state index in [9.17, 15) is 9.18 Å². The summed E-state index contributed by atoms with van der Waals surface area (Å²) in [6.45, 7) is 0.0508. The SMILES string of the molecule is NC/C(=C\F)Cn1nc2ccc(-c3ccc(-c4ccon4)cc3)cn2c1=O. The van der Waals surface area contributed by atoms with E-state index >= 15 is 0 Å². The second-order valence-electron chi connectivity index (χ2n) is 6.02. The van der Waals surface area contributed by atoms with E-state index in [1.54, 1.807) is 18.3 Å². The van der Waals surface area contributed by atoms with Crippen LogP contribution < -0.4 is 11.4 Å². The first-order chi connectivity index (χ1) is 13.2. The zero-order chi connectivity index (χ0) is 18.8. The van der Waals surface area contributed by atoms with Crippen molar-refractivity contribution in [2.45, 2.75) is 6.54 Å². The van der Waals surface area contributed by atoms with Crippen LogP contribution in [0.4, 0.5) is 4.39 Å². The van der Waals surface area contributed by atoms with Crippen LogP contribution in [-0.2, 0) is 6.54 Å². The summed E-state index contributed by atoms with van der Waals surface area (Å²) in [6, 6.07) is 13.2. The Morgan fingerprint density at radius 1 is 1.11 bits per heavy atom. The van der Waals surface area contributed by atoms with Gasteiger partial charge in [-0.2, -0.15) is 0 Å². The first-order valence-corrected chi connectivity index (χ1v) is 8.28. The lowest BCUT2D eigenvalue weighted by molar-refractivity contribution is 0.422. The molecule has 0 aliphatic heterocycles. The number of nitrogens with two attached hydrogens (primary N) is 1. The van der Waals surface area contributed by atoms with Gasteiger partial charge in [-0.1, -0.05) is 29.4 Å². The topological polar surface area (TPSA) is 91.3 Å². The first-order valence-electron chi connectivity index (χ1n) is 8.28. The van der Waals surface area contributed by atoms with Crippen molar-refractivity contribution >= 4 is 5.65 Å². The molecule has 3 heterocycles. The molecule has 0 saturated heterocycles. The van der Waals surface area contributed by atoms with Crippen molar-refractivity contribution in [1.29, 1.82) is 0 Å². The highest BCUT2D eigenvalue weighted by Crippen LogP contribution is 2.24. The molecule has 7 nitrogen and oxygen atoms in total. The lowest BCUT2D eigenvalue weighted by Gasteiger charge is -2.03. The lowest BCUT2D eigenvalue weighted by Crippen LogP contribution is -2.23. The number of halogens is 1. The average Bonchev–Trinajstić information content (AvgIpc) is 3.35. The van der Waals surface area contributed by atoms with Crippen molar-refractivity contribution in [3.8, 4) is 22.4 Å². The van der Waals surface area contributed by atoms with Crippen molar-refractivity contribution in [1.82, 2.24) is 19.3 Å². The van der Waals surface area contributed by atoms with Crippen LogP contribution in [0, 0.1) is 0 Å². The molecule has 0 fully saturated rings. The average molecular weight is 365 g/mol. The number of hydrogen-bond acceptors (Lipinski definition) is 5. The summed E-state index contributed by atoms with van der Waals surface area (Å²) in [6.07, 6.45) is 3.65. The van der Waals surface area contributed by atoms with Gasteiger partial charge in [-0.3, -0.25) is 0 Å². The van der Waals surface area contributed by atoms with E-state index in [1.807, 2.05) is 30.3 Å². The van der Waals surface area contributed by atoms with Gasteiger partial charge in [-0.05, 0) is 28.8 Å². The number of fused-ring (bicyclic) bond motifs is 1. The van der Waals surface area contributed by atoms with Crippen LogP contribution in [-0.4, -0.2) is 25.9 Å². The fraction of sp³-hybridized carbons (Fsp3) is 0.105. The van der Waals surface area contributed by atoms with Gasteiger partial charge in [0.05, 0.1) is 12.9 Å². The molecule has 3 aromatic heterocycles. The molecule has 27 heavy (non-hydrogen) atoms. The quantitative estimate of drug-likeness (QED) is 0.587. The minimum absolute atomic E-state index is 0.0231. The van der Waals surface area contributed by atoms with Crippen molar-refractivity contribution < 1.29 is 8.91 Å². The molecule has 0 spiro atoms. The monoisotopic (exact) mass is 365 g/mol. The maximum absolute atomic E-state index is 12.7. The second-order valence-corrected chi connectivity index (χ2v) is 6.02. The summed E-state index contributed by atoms with van der Waals surface area (Å²) in [5.41, 5.74) is 9.37. The fourth-order valence-electron chi connectivity index (χ4n) is 2.82. The molecular formula is C19H16FN5O2. The Balaban J connectivity index is 1.69. The van der Waals surface area contributed by atoms with E-state index in [1.165, 1.54) is 15.3 Å². The van der Waals surface area contributed by atoms with Crippen LogP contribution in [0.25, 0.3) is 28.0 Å².